The van der Waals surface area contributed by atoms with Gasteiger partial charge in [0.25, 0.3) is 0 Å². The molecule has 0 aromatic rings. The van der Waals surface area contributed by atoms with Crippen molar-refractivity contribution >= 4 is 5.91 Å². The molecule has 0 bridgehead atoms. The number of carbonyl (C=O) groups is 1. The summed E-state index contributed by atoms with van der Waals surface area (Å²) in [5.74, 6) is 0.0500. The van der Waals surface area contributed by atoms with Gasteiger partial charge in [-0.3, -0.25) is 9.69 Å². The predicted octanol–water partition coefficient (Wildman–Crippen LogP) is 0.325. The smallest absolute Gasteiger partial charge is 0.239 e. The van der Waals surface area contributed by atoms with Crippen LogP contribution in [-0.4, -0.2) is 62.7 Å². The van der Waals surface area contributed by atoms with Crippen molar-refractivity contribution in [2.75, 3.05) is 40.9 Å². The first-order valence-corrected chi connectivity index (χ1v) is 5.35. The Morgan fingerprint density at radius 1 is 1.44 bits per heavy atom. The van der Waals surface area contributed by atoms with Crippen molar-refractivity contribution in [2.24, 2.45) is 0 Å². The molecule has 0 aromatic carbocycles. The van der Waals surface area contributed by atoms with E-state index < -0.39 is 0 Å². The average Bonchev–Trinajstić information content (AvgIpc) is 2.27. The normalized spacial score (nSPS) is 12.2. The van der Waals surface area contributed by atoms with Crippen molar-refractivity contribution in [2.45, 2.75) is 19.4 Å². The highest BCUT2D eigenvalue weighted by atomic mass is 16.5. The van der Waals surface area contributed by atoms with Gasteiger partial charge < -0.3 is 9.64 Å². The Hall–Kier alpha value is -1.12. The van der Waals surface area contributed by atoms with E-state index in [1.807, 2.05) is 11.8 Å². The lowest BCUT2D eigenvalue weighted by molar-refractivity contribution is -0.134. The fraction of sp³-hybridized carbons (Fsp3) is 0.818. The zero-order valence-electron chi connectivity index (χ0n) is 10.6. The minimum atomic E-state index is -0.210. The molecule has 0 aliphatic heterocycles. The summed E-state index contributed by atoms with van der Waals surface area (Å²) >= 11 is 0. The van der Waals surface area contributed by atoms with Crippen LogP contribution in [0.25, 0.3) is 0 Å². The molecule has 0 aliphatic carbocycles. The molecule has 1 atom stereocenters. The Balaban J connectivity index is 4.36. The molecule has 0 rings (SSSR count). The number of nitrogens with zero attached hydrogens (tertiary/aromatic N) is 3. The van der Waals surface area contributed by atoms with Crippen molar-refractivity contribution in [3.05, 3.63) is 0 Å². The quantitative estimate of drug-likeness (QED) is 0.628. The van der Waals surface area contributed by atoms with Crippen molar-refractivity contribution < 1.29 is 9.53 Å². The van der Waals surface area contributed by atoms with Crippen LogP contribution in [0.3, 0.4) is 0 Å². The lowest BCUT2D eigenvalue weighted by atomic mass is 10.2. The second kappa shape index (κ2) is 8.08. The fourth-order valence-electron chi connectivity index (χ4n) is 1.43. The highest BCUT2D eigenvalue weighted by Gasteiger charge is 2.21. The van der Waals surface area contributed by atoms with E-state index in [0.717, 1.165) is 0 Å². The van der Waals surface area contributed by atoms with Crippen LogP contribution < -0.4 is 0 Å². The summed E-state index contributed by atoms with van der Waals surface area (Å²) in [6, 6.07) is 1.88. The summed E-state index contributed by atoms with van der Waals surface area (Å²) in [4.78, 5) is 15.3. The maximum Gasteiger partial charge on any atom is 0.239 e. The molecule has 0 spiro atoms. The molecule has 0 fully saturated rings. The molecule has 0 heterocycles. The summed E-state index contributed by atoms with van der Waals surface area (Å²) < 4.78 is 4.99. The van der Waals surface area contributed by atoms with Gasteiger partial charge in [0.1, 0.15) is 0 Å². The van der Waals surface area contributed by atoms with Crippen LogP contribution in [0, 0.1) is 11.3 Å². The van der Waals surface area contributed by atoms with Gasteiger partial charge in [-0.2, -0.15) is 5.26 Å². The molecular formula is C11H21N3O2. The van der Waals surface area contributed by atoms with Crippen molar-refractivity contribution in [3.63, 3.8) is 0 Å². The summed E-state index contributed by atoms with van der Waals surface area (Å²) in [6.45, 7) is 3.69. The monoisotopic (exact) mass is 227 g/mol. The number of ether oxygens (including phenoxy) is 1. The number of rotatable bonds is 7. The van der Waals surface area contributed by atoms with E-state index in [1.165, 1.54) is 0 Å². The van der Waals surface area contributed by atoms with E-state index in [4.69, 9.17) is 10.00 Å². The van der Waals surface area contributed by atoms with E-state index >= 15 is 0 Å². The van der Waals surface area contributed by atoms with Gasteiger partial charge in [0.05, 0.1) is 18.7 Å². The van der Waals surface area contributed by atoms with Gasteiger partial charge in [-0.25, -0.2) is 0 Å². The van der Waals surface area contributed by atoms with Gasteiger partial charge >= 0.3 is 0 Å². The van der Waals surface area contributed by atoms with Gasteiger partial charge in [-0.1, -0.05) is 0 Å². The highest BCUT2D eigenvalue weighted by molar-refractivity contribution is 5.80. The van der Waals surface area contributed by atoms with Crippen molar-refractivity contribution in [1.29, 1.82) is 5.26 Å². The van der Waals surface area contributed by atoms with Crippen LogP contribution in [-0.2, 0) is 9.53 Å². The Bertz CT molecular complexity index is 248. The Labute approximate surface area is 97.6 Å². The zero-order chi connectivity index (χ0) is 12.6. The van der Waals surface area contributed by atoms with Crippen LogP contribution >= 0.6 is 0 Å². The average molecular weight is 227 g/mol. The minimum absolute atomic E-state index is 0.0500. The Kier molecular flexibility index (Phi) is 7.52. The van der Waals surface area contributed by atoms with E-state index in [1.54, 1.807) is 26.1 Å². The lowest BCUT2D eigenvalue weighted by Gasteiger charge is -2.29. The summed E-state index contributed by atoms with van der Waals surface area (Å²) in [7, 11) is 5.09. The largest absolute Gasteiger partial charge is 0.383 e. The predicted molar refractivity (Wildman–Crippen MR) is 61.8 cm³/mol. The first kappa shape index (κ1) is 14.9. The molecule has 1 unspecified atom stereocenters. The number of methoxy groups -OCH3 is 1. The number of hydrogen-bond acceptors (Lipinski definition) is 4. The number of carbonyl (C=O) groups excluding carboxylic acids is 1. The first-order valence-electron chi connectivity index (χ1n) is 5.35. The zero-order valence-corrected chi connectivity index (χ0v) is 10.6. The van der Waals surface area contributed by atoms with Crippen LogP contribution in [0.4, 0.5) is 0 Å². The highest BCUT2D eigenvalue weighted by Crippen LogP contribution is 2.03. The standard InChI is InChI=1S/C11H21N3O2/c1-10(11(15)13(2)3)14(7-5-6-12)8-9-16-4/h10H,5,7-9H2,1-4H3. The van der Waals surface area contributed by atoms with Gasteiger partial charge in [0.15, 0.2) is 0 Å². The van der Waals surface area contributed by atoms with Gasteiger partial charge in [0.2, 0.25) is 5.91 Å². The number of nitriles is 1. The van der Waals surface area contributed by atoms with Crippen LogP contribution in [0.2, 0.25) is 0 Å². The molecule has 5 nitrogen and oxygen atoms in total. The molecule has 16 heavy (non-hydrogen) atoms. The Morgan fingerprint density at radius 3 is 2.50 bits per heavy atom. The van der Waals surface area contributed by atoms with Crippen LogP contribution in [0.15, 0.2) is 0 Å². The third-order valence-electron chi connectivity index (χ3n) is 2.44. The lowest BCUT2D eigenvalue weighted by Crippen LogP contribution is -2.46. The maximum absolute atomic E-state index is 11.8. The minimum Gasteiger partial charge on any atom is -0.383 e. The molecule has 0 saturated carbocycles. The third-order valence-corrected chi connectivity index (χ3v) is 2.44. The molecule has 0 aromatic heterocycles. The molecule has 0 N–H and O–H groups in total. The van der Waals surface area contributed by atoms with Crippen LogP contribution in [0.1, 0.15) is 13.3 Å². The third kappa shape index (κ3) is 5.10. The van der Waals surface area contributed by atoms with Gasteiger partial charge in [-0.15, -0.1) is 0 Å². The van der Waals surface area contributed by atoms with Crippen LogP contribution in [0.5, 0.6) is 0 Å². The van der Waals surface area contributed by atoms with Gasteiger partial charge in [0, 0.05) is 40.7 Å². The first-order chi connectivity index (χ1) is 7.54. The molecule has 92 valence electrons. The topological polar surface area (TPSA) is 56.6 Å². The second-order valence-electron chi connectivity index (χ2n) is 3.85. The summed E-state index contributed by atoms with van der Waals surface area (Å²) in [5.41, 5.74) is 0. The second-order valence-corrected chi connectivity index (χ2v) is 3.85. The van der Waals surface area contributed by atoms with E-state index in [0.29, 0.717) is 26.1 Å². The molecular weight excluding hydrogens is 206 g/mol. The molecule has 5 heteroatoms. The van der Waals surface area contributed by atoms with E-state index in [9.17, 15) is 4.79 Å². The molecule has 1 amide bonds. The fourth-order valence-corrected chi connectivity index (χ4v) is 1.43. The van der Waals surface area contributed by atoms with E-state index in [2.05, 4.69) is 6.07 Å². The number of amides is 1. The number of likely N-dealkylation sites (N-methyl/N-ethyl adjacent to an activating group) is 1. The molecule has 0 saturated heterocycles. The molecule has 0 radical (unpaired) electrons. The van der Waals surface area contributed by atoms with E-state index in [-0.39, 0.29) is 11.9 Å². The van der Waals surface area contributed by atoms with Crippen molar-refractivity contribution in [3.8, 4) is 6.07 Å². The SMILES string of the molecule is COCCN(CCC#N)C(C)C(=O)N(C)C. The summed E-state index contributed by atoms with van der Waals surface area (Å²) in [5, 5.41) is 8.57. The van der Waals surface area contributed by atoms with Gasteiger partial charge in [-0.05, 0) is 6.92 Å². The molecule has 0 aliphatic rings. The van der Waals surface area contributed by atoms with Crippen molar-refractivity contribution in [1.82, 2.24) is 9.80 Å². The maximum atomic E-state index is 11.8. The number of hydrogen-bond donors (Lipinski definition) is 0. The summed E-state index contributed by atoms with van der Waals surface area (Å²) in [6.07, 6.45) is 0.425. The Morgan fingerprint density at radius 2 is 2.06 bits per heavy atom.